The predicted octanol–water partition coefficient (Wildman–Crippen LogP) is 6.59. The molecular weight excluding hydrogens is 813 g/mol. The minimum absolute atomic E-state index is 0.0604. The Bertz CT molecular complexity index is 1690. The van der Waals surface area contributed by atoms with E-state index in [-0.39, 0.29) is 52.5 Å². The number of cyclic esters (lactones) is 3. The van der Waals surface area contributed by atoms with Crippen molar-refractivity contribution in [3.63, 3.8) is 0 Å². The molecule has 0 fully saturated rings. The number of fused-ring (bicyclic) bond motifs is 4. The van der Waals surface area contributed by atoms with Gasteiger partial charge in [0.05, 0.1) is 18.4 Å². The summed E-state index contributed by atoms with van der Waals surface area (Å²) in [5.74, 6) is -5.77. The number of halogens is 2. The Hall–Kier alpha value is -3.38. The van der Waals surface area contributed by atoms with Crippen molar-refractivity contribution in [3.8, 4) is 0 Å². The fourth-order valence-electron chi connectivity index (χ4n) is 5.64. The van der Waals surface area contributed by atoms with Crippen LogP contribution < -0.4 is 5.32 Å². The van der Waals surface area contributed by atoms with Gasteiger partial charge in [0.15, 0.2) is 23.6 Å². The molecule has 1 aliphatic heterocycles. The second-order valence-corrected chi connectivity index (χ2v) is 18.0. The molecule has 312 valence electrons. The number of esters is 5. The van der Waals surface area contributed by atoms with Gasteiger partial charge in [-0.2, -0.15) is 0 Å². The molecule has 0 radical (unpaired) electrons. The van der Waals surface area contributed by atoms with Gasteiger partial charge in [-0.3, -0.25) is 19.2 Å². The van der Waals surface area contributed by atoms with Crippen molar-refractivity contribution in [1.29, 1.82) is 0 Å². The lowest BCUT2D eigenvalue weighted by atomic mass is 9.95. The number of hydrogen-bond acceptors (Lipinski definition) is 16. The van der Waals surface area contributed by atoms with E-state index < -0.39 is 89.2 Å². The Balaban J connectivity index is 2.02. The molecule has 1 unspecified atom stereocenters. The zero-order chi connectivity index (χ0) is 42.0. The number of aromatic nitrogens is 2. The number of thiazole rings is 2. The zero-order valence-electron chi connectivity index (χ0n) is 32.8. The van der Waals surface area contributed by atoms with E-state index in [9.17, 15) is 33.9 Å². The van der Waals surface area contributed by atoms with Crippen LogP contribution in [-0.2, 0) is 42.9 Å². The molecule has 3 rings (SSSR count). The molecule has 0 aromatic carbocycles. The van der Waals surface area contributed by atoms with Gasteiger partial charge in [-0.15, -0.1) is 45.9 Å². The molecule has 0 aliphatic carbocycles. The summed E-state index contributed by atoms with van der Waals surface area (Å²) in [5, 5.41) is 17.0. The number of nitrogens with zero attached hydrogens (tertiary/aromatic N) is 2. The van der Waals surface area contributed by atoms with Gasteiger partial charge in [-0.25, -0.2) is 19.6 Å². The zero-order valence-corrected chi connectivity index (χ0v) is 35.9. The van der Waals surface area contributed by atoms with Gasteiger partial charge < -0.3 is 34.1 Å². The Morgan fingerprint density at radius 3 is 2.25 bits per heavy atom. The predicted molar refractivity (Wildman–Crippen MR) is 207 cm³/mol. The van der Waals surface area contributed by atoms with Crippen LogP contribution in [0, 0.1) is 11.8 Å². The van der Waals surface area contributed by atoms with Crippen LogP contribution in [0.1, 0.15) is 144 Å². The third-order valence-electron chi connectivity index (χ3n) is 9.02. The fourth-order valence-corrected chi connectivity index (χ4v) is 7.66. The quantitative estimate of drug-likeness (QED) is 0.110. The van der Waals surface area contributed by atoms with Crippen molar-refractivity contribution in [2.24, 2.45) is 11.8 Å². The average molecular weight is 865 g/mol. The van der Waals surface area contributed by atoms with E-state index in [0.29, 0.717) is 19.3 Å². The SMILES string of the molecule is CCCC(=O)N[C@@H](C(C)C)[C@@H](CC(=O)O[C@@H]1COC(=O)c2csc(n2)C([C@@](C)(O)CC)OC(=O)[C@@H](C)[C@H](CCCC(C)(Cl)Cl)OC(=O)c2csc1n2)OC(C)=O. The number of carbonyl (C=O) groups excluding carboxylic acids is 6. The van der Waals surface area contributed by atoms with Crippen molar-refractivity contribution in [2.75, 3.05) is 6.61 Å². The third kappa shape index (κ3) is 13.9. The van der Waals surface area contributed by atoms with E-state index >= 15 is 0 Å². The lowest BCUT2D eigenvalue weighted by molar-refractivity contribution is -0.173. The maximum atomic E-state index is 13.7. The molecular formula is C37H51Cl2N3O12S2. The summed E-state index contributed by atoms with van der Waals surface area (Å²) in [5.41, 5.74) is -1.96. The summed E-state index contributed by atoms with van der Waals surface area (Å²) < 4.78 is 27.4. The average Bonchev–Trinajstić information content (AvgIpc) is 3.80. The van der Waals surface area contributed by atoms with Crippen LogP contribution >= 0.6 is 45.9 Å². The van der Waals surface area contributed by atoms with E-state index in [4.69, 9.17) is 46.9 Å². The van der Waals surface area contributed by atoms with Crippen LogP contribution in [0.2, 0.25) is 0 Å². The van der Waals surface area contributed by atoms with Gasteiger partial charge in [-0.1, -0.05) is 27.7 Å². The van der Waals surface area contributed by atoms with Crippen molar-refractivity contribution in [2.45, 2.75) is 141 Å². The van der Waals surface area contributed by atoms with Crippen LogP contribution in [0.3, 0.4) is 0 Å². The fraction of sp³-hybridized carbons (Fsp3) is 0.676. The van der Waals surface area contributed by atoms with E-state index in [1.165, 1.54) is 31.5 Å². The monoisotopic (exact) mass is 863 g/mol. The molecule has 0 spiro atoms. The second kappa shape index (κ2) is 20.9. The molecule has 2 aromatic rings. The molecule has 3 heterocycles. The van der Waals surface area contributed by atoms with Crippen LogP contribution in [0.5, 0.6) is 0 Å². The van der Waals surface area contributed by atoms with Gasteiger partial charge >= 0.3 is 29.8 Å². The summed E-state index contributed by atoms with van der Waals surface area (Å²) >= 11 is 14.3. The maximum absolute atomic E-state index is 13.7. The third-order valence-corrected chi connectivity index (χ3v) is 11.2. The summed E-state index contributed by atoms with van der Waals surface area (Å²) in [7, 11) is 0. The molecule has 1 amide bonds. The smallest absolute Gasteiger partial charge is 0.358 e. The molecule has 15 nitrogen and oxygen atoms in total. The number of amides is 1. The molecule has 1 aliphatic rings. The number of alkyl halides is 2. The van der Waals surface area contributed by atoms with E-state index in [1.807, 2.05) is 6.92 Å². The highest BCUT2D eigenvalue weighted by Crippen LogP contribution is 2.36. The number of hydrogen-bond donors (Lipinski definition) is 2. The van der Waals surface area contributed by atoms with E-state index in [2.05, 4.69) is 15.3 Å². The Morgan fingerprint density at radius 2 is 1.66 bits per heavy atom. The van der Waals surface area contributed by atoms with E-state index in [1.54, 1.807) is 27.7 Å². The van der Waals surface area contributed by atoms with Crippen molar-refractivity contribution in [1.82, 2.24) is 15.3 Å². The highest BCUT2D eigenvalue weighted by molar-refractivity contribution is 7.10. The van der Waals surface area contributed by atoms with Gasteiger partial charge in [0.1, 0.15) is 38.8 Å². The summed E-state index contributed by atoms with van der Waals surface area (Å²) in [6.07, 6.45) is -3.52. The lowest BCUT2D eigenvalue weighted by Crippen LogP contribution is -2.49. The van der Waals surface area contributed by atoms with Crippen LogP contribution in [0.25, 0.3) is 0 Å². The summed E-state index contributed by atoms with van der Waals surface area (Å²) in [4.78, 5) is 87.4. The second-order valence-electron chi connectivity index (χ2n) is 14.4. The van der Waals surface area contributed by atoms with Gasteiger partial charge in [-0.05, 0) is 58.8 Å². The van der Waals surface area contributed by atoms with Gasteiger partial charge in [0, 0.05) is 24.1 Å². The molecule has 0 saturated carbocycles. The van der Waals surface area contributed by atoms with Crippen LogP contribution in [0.15, 0.2) is 10.8 Å². The van der Waals surface area contributed by atoms with E-state index in [0.717, 1.165) is 22.7 Å². The standard InChI is InChI=1S/C37H51Cl2N3O12S2/c1-9-12-27(44)42-29(19(3)4)25(51-21(6)43)15-28(45)52-26-16-50-34(47)22-17-56-32(41-22)30(36(7,49)10-2)54-33(46)20(5)24(13-11-14-37(8,38)39)53-35(48)23-18-55-31(26)40-23/h17-20,24-26,29-30,49H,9-16H2,1-8H3,(H,42,44)/t20-,24-,25+,26+,29-,30?,36-/m0/s1. The normalized spacial score (nSPS) is 21.8. The number of rotatable bonds is 15. The van der Waals surface area contributed by atoms with Gasteiger partial charge in [0.2, 0.25) is 5.91 Å². The first-order valence-electron chi connectivity index (χ1n) is 18.4. The topological polar surface area (TPSA) is 207 Å². The largest absolute Gasteiger partial charge is 0.460 e. The number of nitrogens with one attached hydrogen (secondary N) is 1. The Morgan fingerprint density at radius 1 is 1.04 bits per heavy atom. The highest BCUT2D eigenvalue weighted by atomic mass is 35.5. The molecule has 0 saturated heterocycles. The number of carbonyl (C=O) groups is 6. The maximum Gasteiger partial charge on any atom is 0.358 e. The summed E-state index contributed by atoms with van der Waals surface area (Å²) in [6, 6.07) is -0.740. The first-order chi connectivity index (χ1) is 26.1. The van der Waals surface area contributed by atoms with Gasteiger partial charge in [0.25, 0.3) is 0 Å². The molecule has 2 aromatic heterocycles. The molecule has 4 bridgehead atoms. The first-order valence-corrected chi connectivity index (χ1v) is 20.9. The molecule has 2 N–H and O–H groups in total. The molecule has 56 heavy (non-hydrogen) atoms. The number of ether oxygens (including phenoxy) is 5. The van der Waals surface area contributed by atoms with Crippen LogP contribution in [0.4, 0.5) is 0 Å². The van der Waals surface area contributed by atoms with Crippen molar-refractivity contribution < 1.29 is 57.6 Å². The highest BCUT2D eigenvalue weighted by Gasteiger charge is 2.41. The van der Waals surface area contributed by atoms with Crippen LogP contribution in [-0.4, -0.2) is 85.6 Å². The number of aliphatic hydroxyl groups is 1. The minimum Gasteiger partial charge on any atom is -0.460 e. The molecule has 19 heteroatoms. The Kier molecular flexibility index (Phi) is 17.5. The summed E-state index contributed by atoms with van der Waals surface area (Å²) in [6.45, 7) is 12.3. The lowest BCUT2D eigenvalue weighted by Gasteiger charge is -2.32. The van der Waals surface area contributed by atoms with Crippen molar-refractivity contribution >= 4 is 81.6 Å². The van der Waals surface area contributed by atoms with Crippen molar-refractivity contribution in [3.05, 3.63) is 32.2 Å². The first kappa shape index (κ1) is 47.0. The Labute approximate surface area is 344 Å². The molecule has 7 atom stereocenters. The minimum atomic E-state index is -1.62.